The quantitative estimate of drug-likeness (QED) is 0.763. The summed E-state index contributed by atoms with van der Waals surface area (Å²) in [5.41, 5.74) is 0.637. The van der Waals surface area contributed by atoms with Crippen molar-refractivity contribution in [2.24, 2.45) is 0 Å². The van der Waals surface area contributed by atoms with Crippen LogP contribution in [0.5, 0.6) is 0 Å². The highest BCUT2D eigenvalue weighted by atomic mass is 79.9. The van der Waals surface area contributed by atoms with Gasteiger partial charge in [0.2, 0.25) is 0 Å². The first-order valence-corrected chi connectivity index (χ1v) is 8.75. The van der Waals surface area contributed by atoms with Crippen molar-refractivity contribution in [1.29, 1.82) is 0 Å². The fourth-order valence-corrected chi connectivity index (χ4v) is 3.81. The van der Waals surface area contributed by atoms with Crippen molar-refractivity contribution in [2.45, 2.75) is 11.0 Å². The Kier molecular flexibility index (Phi) is 4.01. The van der Waals surface area contributed by atoms with Crippen LogP contribution < -0.4 is 4.31 Å². The lowest BCUT2D eigenvalue weighted by Gasteiger charge is -2.24. The highest BCUT2D eigenvalue weighted by molar-refractivity contribution is 9.10. The van der Waals surface area contributed by atoms with E-state index in [0.717, 1.165) is 4.47 Å². The average Bonchev–Trinajstić information content (AvgIpc) is 3.31. The molecule has 110 valence electrons. The smallest absolute Gasteiger partial charge is 0.264 e. The zero-order chi connectivity index (χ0) is 14.9. The molecule has 2 aromatic rings. The summed E-state index contributed by atoms with van der Waals surface area (Å²) in [7, 11) is -3.58. The summed E-state index contributed by atoms with van der Waals surface area (Å²) in [4.78, 5) is 0.286. The first-order chi connectivity index (χ1) is 10.1. The van der Waals surface area contributed by atoms with Crippen molar-refractivity contribution in [3.05, 3.63) is 59.1 Å². The van der Waals surface area contributed by atoms with Crippen LogP contribution in [0.25, 0.3) is 0 Å². The van der Waals surface area contributed by atoms with Crippen LogP contribution in [0.15, 0.2) is 64.0 Å². The van der Waals surface area contributed by atoms with Gasteiger partial charge in [-0.1, -0.05) is 34.1 Å². The predicted octanol–water partition coefficient (Wildman–Crippen LogP) is 3.04. The van der Waals surface area contributed by atoms with Gasteiger partial charge in [-0.15, -0.1) is 0 Å². The lowest BCUT2D eigenvalue weighted by Crippen LogP contribution is -2.34. The molecule has 2 aromatic carbocycles. The van der Waals surface area contributed by atoms with Crippen molar-refractivity contribution in [1.82, 2.24) is 0 Å². The van der Waals surface area contributed by atoms with Crippen LogP contribution in [0.3, 0.4) is 0 Å². The molecule has 0 saturated carbocycles. The van der Waals surface area contributed by atoms with E-state index in [1.165, 1.54) is 4.31 Å². The summed E-state index contributed by atoms with van der Waals surface area (Å²) < 4.78 is 33.2. The average molecular weight is 368 g/mol. The SMILES string of the molecule is O=S(=O)(c1ccccc1)N(CC1CO1)c1ccc(Br)cc1. The van der Waals surface area contributed by atoms with Gasteiger partial charge < -0.3 is 4.74 Å². The molecule has 0 amide bonds. The summed E-state index contributed by atoms with van der Waals surface area (Å²) in [6, 6.07) is 15.7. The summed E-state index contributed by atoms with van der Waals surface area (Å²) in [5, 5.41) is 0. The second kappa shape index (κ2) is 5.79. The molecule has 1 aliphatic rings. The van der Waals surface area contributed by atoms with Gasteiger partial charge in [-0.25, -0.2) is 8.42 Å². The van der Waals surface area contributed by atoms with Gasteiger partial charge in [0, 0.05) is 4.47 Å². The molecule has 1 atom stereocenters. The van der Waals surface area contributed by atoms with Crippen molar-refractivity contribution in [3.8, 4) is 0 Å². The van der Waals surface area contributed by atoms with E-state index in [-0.39, 0.29) is 11.0 Å². The zero-order valence-electron chi connectivity index (χ0n) is 11.1. The first kappa shape index (κ1) is 14.6. The molecule has 1 fully saturated rings. The number of halogens is 1. The number of rotatable bonds is 5. The number of ether oxygens (including phenoxy) is 1. The van der Waals surface area contributed by atoms with Crippen LogP contribution in [0.1, 0.15) is 0 Å². The van der Waals surface area contributed by atoms with E-state index in [1.807, 2.05) is 12.1 Å². The monoisotopic (exact) mass is 367 g/mol. The van der Waals surface area contributed by atoms with Gasteiger partial charge in [0.05, 0.1) is 29.8 Å². The molecule has 0 bridgehead atoms. The Morgan fingerprint density at radius 3 is 2.29 bits per heavy atom. The van der Waals surface area contributed by atoms with Gasteiger partial charge in [0.15, 0.2) is 0 Å². The Bertz CT molecular complexity index is 712. The number of hydrogen-bond acceptors (Lipinski definition) is 3. The minimum Gasteiger partial charge on any atom is -0.371 e. The maximum absolute atomic E-state index is 12.8. The summed E-state index contributed by atoms with van der Waals surface area (Å²) in [6.45, 7) is 0.941. The van der Waals surface area contributed by atoms with Gasteiger partial charge >= 0.3 is 0 Å². The van der Waals surface area contributed by atoms with Gasteiger partial charge in [0.1, 0.15) is 0 Å². The zero-order valence-corrected chi connectivity index (χ0v) is 13.5. The van der Waals surface area contributed by atoms with E-state index in [2.05, 4.69) is 15.9 Å². The Morgan fingerprint density at radius 1 is 1.10 bits per heavy atom. The van der Waals surface area contributed by atoms with Gasteiger partial charge in [-0.05, 0) is 36.4 Å². The molecule has 3 rings (SSSR count). The highest BCUT2D eigenvalue weighted by Gasteiger charge is 2.32. The molecular weight excluding hydrogens is 354 g/mol. The number of anilines is 1. The van der Waals surface area contributed by atoms with Gasteiger partial charge in [-0.3, -0.25) is 4.31 Å². The predicted molar refractivity (Wildman–Crippen MR) is 84.9 cm³/mol. The molecule has 0 aromatic heterocycles. The van der Waals surface area contributed by atoms with Crippen LogP contribution in [0, 0.1) is 0 Å². The summed E-state index contributed by atoms with van der Waals surface area (Å²) in [5.74, 6) is 0. The molecule has 1 aliphatic heterocycles. The van der Waals surface area contributed by atoms with Crippen LogP contribution in [0.4, 0.5) is 5.69 Å². The van der Waals surface area contributed by atoms with Crippen LogP contribution in [0.2, 0.25) is 0 Å². The molecule has 1 unspecified atom stereocenters. The van der Waals surface area contributed by atoms with E-state index in [4.69, 9.17) is 4.74 Å². The fourth-order valence-electron chi connectivity index (χ4n) is 2.03. The lowest BCUT2D eigenvalue weighted by molar-refractivity contribution is 0.412. The van der Waals surface area contributed by atoms with Gasteiger partial charge in [-0.2, -0.15) is 0 Å². The minimum atomic E-state index is -3.58. The molecule has 0 aliphatic carbocycles. The molecule has 4 nitrogen and oxygen atoms in total. The number of sulfonamides is 1. The van der Waals surface area contributed by atoms with Crippen molar-refractivity contribution in [3.63, 3.8) is 0 Å². The van der Waals surface area contributed by atoms with Crippen molar-refractivity contribution < 1.29 is 13.2 Å². The molecule has 1 saturated heterocycles. The third-order valence-corrected chi connectivity index (χ3v) is 5.55. The highest BCUT2D eigenvalue weighted by Crippen LogP contribution is 2.27. The van der Waals surface area contributed by atoms with E-state index >= 15 is 0 Å². The molecule has 1 heterocycles. The van der Waals surface area contributed by atoms with Crippen LogP contribution in [-0.4, -0.2) is 27.7 Å². The van der Waals surface area contributed by atoms with E-state index in [9.17, 15) is 8.42 Å². The molecule has 0 N–H and O–H groups in total. The van der Waals surface area contributed by atoms with E-state index in [0.29, 0.717) is 18.8 Å². The Hall–Kier alpha value is -1.37. The number of benzene rings is 2. The Balaban J connectivity index is 2.00. The van der Waals surface area contributed by atoms with Crippen molar-refractivity contribution >= 4 is 31.6 Å². The third kappa shape index (κ3) is 3.28. The number of hydrogen-bond donors (Lipinski definition) is 0. The maximum atomic E-state index is 12.8. The molecule has 0 radical (unpaired) electrons. The normalized spacial score (nSPS) is 17.5. The largest absolute Gasteiger partial charge is 0.371 e. The molecule has 6 heteroatoms. The first-order valence-electron chi connectivity index (χ1n) is 6.52. The number of nitrogens with zero attached hydrogens (tertiary/aromatic N) is 1. The molecular formula is C15H14BrNO3S. The second-order valence-electron chi connectivity index (χ2n) is 4.78. The third-order valence-electron chi connectivity index (χ3n) is 3.22. The van der Waals surface area contributed by atoms with Crippen LogP contribution in [-0.2, 0) is 14.8 Å². The lowest BCUT2D eigenvalue weighted by atomic mass is 10.3. The maximum Gasteiger partial charge on any atom is 0.264 e. The van der Waals surface area contributed by atoms with E-state index in [1.54, 1.807) is 42.5 Å². The Morgan fingerprint density at radius 2 is 1.71 bits per heavy atom. The summed E-state index contributed by atoms with van der Waals surface area (Å²) >= 11 is 3.36. The molecule has 21 heavy (non-hydrogen) atoms. The standard InChI is InChI=1S/C15H14BrNO3S/c16-12-6-8-13(9-7-12)17(10-14-11-20-14)21(18,19)15-4-2-1-3-5-15/h1-9,14H,10-11H2. The minimum absolute atomic E-state index is 0.0212. The van der Waals surface area contributed by atoms with Crippen LogP contribution >= 0.6 is 15.9 Å². The summed E-state index contributed by atoms with van der Waals surface area (Å²) in [6.07, 6.45) is -0.0212. The fraction of sp³-hybridized carbons (Fsp3) is 0.200. The topological polar surface area (TPSA) is 49.9 Å². The Labute approximate surface area is 132 Å². The van der Waals surface area contributed by atoms with E-state index < -0.39 is 10.0 Å². The van der Waals surface area contributed by atoms with Crippen molar-refractivity contribution in [2.75, 3.05) is 17.5 Å². The number of epoxide rings is 1. The second-order valence-corrected chi connectivity index (χ2v) is 7.56. The van der Waals surface area contributed by atoms with Gasteiger partial charge in [0.25, 0.3) is 10.0 Å². The molecule has 0 spiro atoms.